The fourth-order valence-electron chi connectivity index (χ4n) is 1.82. The zero-order chi connectivity index (χ0) is 13.7. The van der Waals surface area contributed by atoms with Crippen LogP contribution < -0.4 is 5.32 Å². The Hall–Kier alpha value is -2.25. The third-order valence-corrected chi connectivity index (χ3v) is 2.83. The Balaban J connectivity index is 2.03. The van der Waals surface area contributed by atoms with E-state index in [9.17, 15) is 4.39 Å². The number of rotatable bonds is 4. The Labute approximate surface area is 111 Å². The van der Waals surface area contributed by atoms with E-state index in [1.807, 2.05) is 31.2 Å². The highest BCUT2D eigenvalue weighted by atomic mass is 19.1. The van der Waals surface area contributed by atoms with Crippen LogP contribution in [0.25, 0.3) is 0 Å². The van der Waals surface area contributed by atoms with Crippen molar-refractivity contribution in [2.24, 2.45) is 0 Å². The summed E-state index contributed by atoms with van der Waals surface area (Å²) in [6, 6.07) is 12.1. The average Bonchev–Trinajstić information content (AvgIpc) is 2.45. The van der Waals surface area contributed by atoms with Crippen molar-refractivity contribution in [2.75, 3.05) is 0 Å². The average molecular weight is 255 g/mol. The third-order valence-electron chi connectivity index (χ3n) is 2.83. The lowest BCUT2D eigenvalue weighted by molar-refractivity contribution is 0.557. The highest BCUT2D eigenvalue weighted by molar-refractivity contribution is 5.33. The predicted molar refractivity (Wildman–Crippen MR) is 70.6 cm³/mol. The molecule has 0 amide bonds. The van der Waals surface area contributed by atoms with Gasteiger partial charge in [0.2, 0.25) is 0 Å². The van der Waals surface area contributed by atoms with Crippen molar-refractivity contribution in [3.63, 3.8) is 0 Å². The molecule has 1 atom stereocenters. The van der Waals surface area contributed by atoms with Crippen LogP contribution in [-0.2, 0) is 6.54 Å². The summed E-state index contributed by atoms with van der Waals surface area (Å²) in [7, 11) is 0. The van der Waals surface area contributed by atoms with Crippen molar-refractivity contribution in [3.05, 3.63) is 65.2 Å². The summed E-state index contributed by atoms with van der Waals surface area (Å²) in [6.45, 7) is 2.48. The van der Waals surface area contributed by atoms with Crippen LogP contribution in [0.5, 0.6) is 0 Å². The summed E-state index contributed by atoms with van der Waals surface area (Å²) in [5, 5.41) is 12.0. The maximum atomic E-state index is 13.3. The molecule has 96 valence electrons. The lowest BCUT2D eigenvalue weighted by Crippen LogP contribution is -2.19. The zero-order valence-corrected chi connectivity index (χ0v) is 10.6. The first-order valence-corrected chi connectivity index (χ1v) is 6.03. The van der Waals surface area contributed by atoms with Crippen LogP contribution in [0.3, 0.4) is 0 Å². The number of hydrogen-bond acceptors (Lipinski definition) is 3. The van der Waals surface area contributed by atoms with Gasteiger partial charge >= 0.3 is 0 Å². The highest BCUT2D eigenvalue weighted by Crippen LogP contribution is 2.12. The number of nitrogens with zero attached hydrogens (tertiary/aromatic N) is 2. The molecule has 0 saturated carbocycles. The SMILES string of the molecule is C[C@H](NCc1cc(F)cc(C#N)c1)c1ccccn1. The van der Waals surface area contributed by atoms with Gasteiger partial charge in [0.25, 0.3) is 0 Å². The fourth-order valence-corrected chi connectivity index (χ4v) is 1.82. The van der Waals surface area contributed by atoms with E-state index in [1.54, 1.807) is 12.3 Å². The summed E-state index contributed by atoms with van der Waals surface area (Å²) in [5.41, 5.74) is 2.01. The van der Waals surface area contributed by atoms with Gasteiger partial charge in [-0.2, -0.15) is 5.26 Å². The molecule has 0 aliphatic carbocycles. The van der Waals surface area contributed by atoms with E-state index < -0.39 is 0 Å². The summed E-state index contributed by atoms with van der Waals surface area (Å²) in [4.78, 5) is 4.25. The molecule has 1 aromatic heterocycles. The molecular formula is C15H14FN3. The maximum absolute atomic E-state index is 13.3. The van der Waals surface area contributed by atoms with E-state index in [-0.39, 0.29) is 11.9 Å². The van der Waals surface area contributed by atoms with Crippen LogP contribution in [-0.4, -0.2) is 4.98 Å². The van der Waals surface area contributed by atoms with Gasteiger partial charge in [0.15, 0.2) is 0 Å². The molecule has 0 fully saturated rings. The quantitative estimate of drug-likeness (QED) is 0.913. The van der Waals surface area contributed by atoms with Crippen molar-refractivity contribution in [2.45, 2.75) is 19.5 Å². The number of nitriles is 1. The van der Waals surface area contributed by atoms with Crippen LogP contribution in [0.4, 0.5) is 4.39 Å². The van der Waals surface area contributed by atoms with Gasteiger partial charge in [0.05, 0.1) is 17.3 Å². The van der Waals surface area contributed by atoms with Crippen molar-refractivity contribution >= 4 is 0 Å². The minimum Gasteiger partial charge on any atom is -0.305 e. The lowest BCUT2D eigenvalue weighted by atomic mass is 10.1. The second-order valence-corrected chi connectivity index (χ2v) is 4.32. The fraction of sp³-hybridized carbons (Fsp3) is 0.200. The normalized spacial score (nSPS) is 11.8. The first-order valence-electron chi connectivity index (χ1n) is 6.03. The molecule has 0 spiro atoms. The van der Waals surface area contributed by atoms with Gasteiger partial charge in [-0.05, 0) is 42.8 Å². The summed E-state index contributed by atoms with van der Waals surface area (Å²) in [5.74, 6) is -0.388. The Morgan fingerprint density at radius 2 is 2.21 bits per heavy atom. The van der Waals surface area contributed by atoms with Crippen molar-refractivity contribution in [3.8, 4) is 6.07 Å². The molecule has 3 nitrogen and oxygen atoms in total. The van der Waals surface area contributed by atoms with E-state index in [0.29, 0.717) is 12.1 Å². The number of hydrogen-bond donors (Lipinski definition) is 1. The molecule has 1 aromatic carbocycles. The minimum absolute atomic E-state index is 0.0648. The van der Waals surface area contributed by atoms with E-state index in [1.165, 1.54) is 12.1 Å². The van der Waals surface area contributed by atoms with Crippen molar-refractivity contribution in [1.29, 1.82) is 5.26 Å². The third kappa shape index (κ3) is 3.60. The monoisotopic (exact) mass is 255 g/mol. The maximum Gasteiger partial charge on any atom is 0.124 e. The summed E-state index contributed by atoms with van der Waals surface area (Å²) >= 11 is 0. The number of nitrogens with one attached hydrogen (secondary N) is 1. The van der Waals surface area contributed by atoms with Crippen molar-refractivity contribution in [1.82, 2.24) is 10.3 Å². The second kappa shape index (κ2) is 6.07. The molecule has 1 N–H and O–H groups in total. The van der Waals surface area contributed by atoms with E-state index in [2.05, 4.69) is 10.3 Å². The van der Waals surface area contributed by atoms with Crippen LogP contribution in [0.15, 0.2) is 42.6 Å². The first kappa shape index (κ1) is 13.2. The number of aromatic nitrogens is 1. The molecule has 4 heteroatoms. The Morgan fingerprint density at radius 3 is 2.89 bits per heavy atom. The summed E-state index contributed by atoms with van der Waals surface area (Å²) in [6.07, 6.45) is 1.74. The van der Waals surface area contributed by atoms with Crippen molar-refractivity contribution < 1.29 is 4.39 Å². The van der Waals surface area contributed by atoms with Crippen LogP contribution in [0.2, 0.25) is 0 Å². The molecule has 0 unspecified atom stereocenters. The lowest BCUT2D eigenvalue weighted by Gasteiger charge is -2.13. The number of halogens is 1. The highest BCUT2D eigenvalue weighted by Gasteiger charge is 2.06. The van der Waals surface area contributed by atoms with Crippen LogP contribution >= 0.6 is 0 Å². The zero-order valence-electron chi connectivity index (χ0n) is 10.6. The Bertz CT molecular complexity index is 590. The van der Waals surface area contributed by atoms with Gasteiger partial charge in [-0.3, -0.25) is 4.98 Å². The molecule has 2 rings (SSSR count). The van der Waals surface area contributed by atoms with Gasteiger partial charge in [-0.25, -0.2) is 4.39 Å². The number of pyridine rings is 1. The predicted octanol–water partition coefficient (Wildman–Crippen LogP) is 2.94. The topological polar surface area (TPSA) is 48.7 Å². The minimum atomic E-state index is -0.388. The first-order chi connectivity index (χ1) is 9.19. The second-order valence-electron chi connectivity index (χ2n) is 4.32. The molecule has 0 bridgehead atoms. The van der Waals surface area contributed by atoms with E-state index >= 15 is 0 Å². The van der Waals surface area contributed by atoms with Gasteiger partial charge in [0, 0.05) is 18.8 Å². The van der Waals surface area contributed by atoms with E-state index in [0.717, 1.165) is 11.3 Å². The molecule has 19 heavy (non-hydrogen) atoms. The number of benzene rings is 1. The largest absolute Gasteiger partial charge is 0.305 e. The molecule has 0 radical (unpaired) electrons. The van der Waals surface area contributed by atoms with Gasteiger partial charge < -0.3 is 5.32 Å². The molecule has 1 heterocycles. The molecular weight excluding hydrogens is 241 g/mol. The Morgan fingerprint density at radius 1 is 1.37 bits per heavy atom. The molecule has 0 aliphatic heterocycles. The van der Waals surface area contributed by atoms with Gasteiger partial charge in [-0.15, -0.1) is 0 Å². The molecule has 0 aliphatic rings. The van der Waals surface area contributed by atoms with Gasteiger partial charge in [0.1, 0.15) is 5.82 Å². The standard InChI is InChI=1S/C15H14FN3/c1-11(15-4-2-3-5-18-15)19-10-13-6-12(9-17)7-14(16)8-13/h2-8,11,19H,10H2,1H3/t11-/m0/s1. The summed E-state index contributed by atoms with van der Waals surface area (Å²) < 4.78 is 13.3. The molecule has 2 aromatic rings. The van der Waals surface area contributed by atoms with Crippen LogP contribution in [0.1, 0.15) is 29.8 Å². The molecule has 0 saturated heterocycles. The van der Waals surface area contributed by atoms with Crippen LogP contribution in [0, 0.1) is 17.1 Å². The van der Waals surface area contributed by atoms with E-state index in [4.69, 9.17) is 5.26 Å². The smallest absolute Gasteiger partial charge is 0.124 e. The Kier molecular flexibility index (Phi) is 4.22. The van der Waals surface area contributed by atoms with Gasteiger partial charge in [-0.1, -0.05) is 6.07 Å².